The fraction of sp³-hybridized carbons (Fsp3) is 0.233. The van der Waals surface area contributed by atoms with Gasteiger partial charge in [0.15, 0.2) is 11.0 Å². The molecule has 3 amide bonds. The summed E-state index contributed by atoms with van der Waals surface area (Å²) in [5.41, 5.74) is 4.79. The number of aryl methyl sites for hydroxylation is 2. The predicted octanol–water partition coefficient (Wildman–Crippen LogP) is 6.65. The van der Waals surface area contributed by atoms with Crippen LogP contribution in [-0.2, 0) is 16.1 Å². The largest absolute Gasteiger partial charge is 0.573 e. The third-order valence-electron chi connectivity index (χ3n) is 6.46. The van der Waals surface area contributed by atoms with Crippen LogP contribution in [0.25, 0.3) is 17.1 Å². The number of ether oxygens (including phenoxy) is 2. The summed E-state index contributed by atoms with van der Waals surface area (Å²) in [6, 6.07) is 15.5. The van der Waals surface area contributed by atoms with Gasteiger partial charge in [0.25, 0.3) is 0 Å². The maximum absolute atomic E-state index is 13.0. The Morgan fingerprint density at radius 1 is 1.09 bits per heavy atom. The Balaban J connectivity index is 1.30. The van der Waals surface area contributed by atoms with Crippen LogP contribution in [0.5, 0.6) is 5.75 Å². The number of benzene rings is 3. The van der Waals surface area contributed by atoms with Crippen LogP contribution in [0.3, 0.4) is 0 Å². The SMILES string of the molecule is CCOCc1ccc(C)cc1N1C(=O)CSC1=NC(=O)Nc1ccc(-n2cnc(-c3ccc(OC(F)(F)F)cc3)n2)cc1C. The van der Waals surface area contributed by atoms with Crippen molar-refractivity contribution in [3.8, 4) is 22.8 Å². The molecule has 3 aromatic carbocycles. The summed E-state index contributed by atoms with van der Waals surface area (Å²) < 4.78 is 48.3. The molecule has 1 N–H and O–H groups in total. The summed E-state index contributed by atoms with van der Waals surface area (Å²) in [5, 5.41) is 7.47. The number of halogens is 3. The summed E-state index contributed by atoms with van der Waals surface area (Å²) in [7, 11) is 0. The maximum Gasteiger partial charge on any atom is 0.573 e. The van der Waals surface area contributed by atoms with Gasteiger partial charge in [-0.05, 0) is 80.4 Å². The second-order valence-corrected chi connectivity index (χ2v) is 10.6. The summed E-state index contributed by atoms with van der Waals surface area (Å²) in [5.74, 6) is -0.0528. The second kappa shape index (κ2) is 12.9. The van der Waals surface area contributed by atoms with Crippen molar-refractivity contribution < 1.29 is 32.2 Å². The minimum Gasteiger partial charge on any atom is -0.406 e. The average Bonchev–Trinajstić information content (AvgIpc) is 3.60. The van der Waals surface area contributed by atoms with E-state index in [0.29, 0.717) is 47.2 Å². The number of nitrogens with one attached hydrogen (secondary N) is 1. The fourth-order valence-corrected chi connectivity index (χ4v) is 5.24. The van der Waals surface area contributed by atoms with Gasteiger partial charge in [-0.2, -0.15) is 4.99 Å². The molecule has 228 valence electrons. The van der Waals surface area contributed by atoms with E-state index < -0.39 is 12.4 Å². The average molecular weight is 625 g/mol. The van der Waals surface area contributed by atoms with Crippen LogP contribution in [0.4, 0.5) is 29.3 Å². The lowest BCUT2D eigenvalue weighted by molar-refractivity contribution is -0.274. The first kappa shape index (κ1) is 30.8. The van der Waals surface area contributed by atoms with Crippen LogP contribution >= 0.6 is 11.8 Å². The Morgan fingerprint density at radius 2 is 1.86 bits per heavy atom. The molecule has 5 rings (SSSR count). The predicted molar refractivity (Wildman–Crippen MR) is 161 cm³/mol. The van der Waals surface area contributed by atoms with Gasteiger partial charge in [-0.1, -0.05) is 23.9 Å². The molecule has 0 saturated carbocycles. The zero-order chi connectivity index (χ0) is 31.4. The van der Waals surface area contributed by atoms with Crippen molar-refractivity contribution in [3.05, 3.63) is 83.7 Å². The number of anilines is 2. The van der Waals surface area contributed by atoms with Crippen molar-refractivity contribution in [1.29, 1.82) is 0 Å². The van der Waals surface area contributed by atoms with E-state index in [0.717, 1.165) is 11.1 Å². The monoisotopic (exact) mass is 624 g/mol. The zero-order valence-electron chi connectivity index (χ0n) is 23.9. The lowest BCUT2D eigenvalue weighted by atomic mass is 10.1. The lowest BCUT2D eigenvalue weighted by Gasteiger charge is -2.20. The molecule has 0 atom stereocenters. The molecule has 10 nitrogen and oxygen atoms in total. The highest BCUT2D eigenvalue weighted by molar-refractivity contribution is 8.15. The Bertz CT molecular complexity index is 1720. The molecule has 0 bridgehead atoms. The molecular formula is C30H27F3N6O4S. The van der Waals surface area contributed by atoms with E-state index in [2.05, 4.69) is 25.1 Å². The fourth-order valence-electron chi connectivity index (χ4n) is 4.38. The van der Waals surface area contributed by atoms with E-state index in [1.54, 1.807) is 25.1 Å². The van der Waals surface area contributed by atoms with Gasteiger partial charge >= 0.3 is 12.4 Å². The standard InChI is InChI=1S/C30H27F3N6O4S/c1-4-42-15-21-6-5-18(2)13-25(21)39-26(40)16-44-29(39)36-28(41)35-24-12-9-22(14-19(24)3)38-17-34-27(37-38)20-7-10-23(11-8-20)43-30(31,32)33/h5-14,17H,4,15-16H2,1-3H3,(H,35,41). The Hall–Kier alpha value is -4.69. The van der Waals surface area contributed by atoms with Crippen molar-refractivity contribution in [1.82, 2.24) is 14.8 Å². The quantitative estimate of drug-likeness (QED) is 0.234. The Labute approximate surface area is 254 Å². The number of amides is 3. The topological polar surface area (TPSA) is 111 Å². The molecule has 0 unspecified atom stereocenters. The molecule has 1 fully saturated rings. The normalized spacial score (nSPS) is 14.4. The van der Waals surface area contributed by atoms with E-state index in [4.69, 9.17) is 4.74 Å². The number of urea groups is 1. The summed E-state index contributed by atoms with van der Waals surface area (Å²) in [6.07, 6.45) is -3.30. The molecule has 44 heavy (non-hydrogen) atoms. The van der Waals surface area contributed by atoms with E-state index in [-0.39, 0.29) is 22.6 Å². The number of hydrogen-bond donors (Lipinski definition) is 1. The van der Waals surface area contributed by atoms with Crippen molar-refractivity contribution in [3.63, 3.8) is 0 Å². The number of aliphatic imine (C=N–C) groups is 1. The van der Waals surface area contributed by atoms with E-state index >= 15 is 0 Å². The molecule has 1 aliphatic heterocycles. The van der Waals surface area contributed by atoms with Crippen molar-refractivity contribution in [2.24, 2.45) is 4.99 Å². The second-order valence-electron chi connectivity index (χ2n) is 9.70. The van der Waals surface area contributed by atoms with E-state index in [1.807, 2.05) is 32.0 Å². The first-order chi connectivity index (χ1) is 21.0. The zero-order valence-corrected chi connectivity index (χ0v) is 24.7. The van der Waals surface area contributed by atoms with Gasteiger partial charge in [-0.3, -0.25) is 9.69 Å². The highest BCUT2D eigenvalue weighted by Gasteiger charge is 2.32. The van der Waals surface area contributed by atoms with Gasteiger partial charge in [0.05, 0.1) is 23.7 Å². The first-order valence-corrected chi connectivity index (χ1v) is 14.4. The van der Waals surface area contributed by atoms with Crippen LogP contribution in [0.2, 0.25) is 0 Å². The van der Waals surface area contributed by atoms with Crippen LogP contribution in [-0.4, -0.2) is 50.6 Å². The number of carbonyl (C=O) groups is 2. The minimum absolute atomic E-state index is 0.160. The van der Waals surface area contributed by atoms with E-state index in [1.165, 1.54) is 51.9 Å². The molecular weight excluding hydrogens is 597 g/mol. The molecule has 0 aliphatic carbocycles. The molecule has 4 aromatic rings. The number of thioether (sulfide) groups is 1. The molecule has 2 heterocycles. The molecule has 1 aliphatic rings. The van der Waals surface area contributed by atoms with Crippen LogP contribution < -0.4 is 15.0 Å². The molecule has 0 spiro atoms. The van der Waals surface area contributed by atoms with Gasteiger partial charge in [0, 0.05) is 23.4 Å². The van der Waals surface area contributed by atoms with Gasteiger partial charge in [0.1, 0.15) is 12.1 Å². The Morgan fingerprint density at radius 3 is 2.57 bits per heavy atom. The van der Waals surface area contributed by atoms with Crippen molar-refractivity contribution >= 4 is 40.2 Å². The summed E-state index contributed by atoms with van der Waals surface area (Å²) in [6.45, 7) is 6.46. The van der Waals surface area contributed by atoms with Crippen LogP contribution in [0.1, 0.15) is 23.6 Å². The first-order valence-electron chi connectivity index (χ1n) is 13.4. The smallest absolute Gasteiger partial charge is 0.406 e. The molecule has 1 aromatic heterocycles. The van der Waals surface area contributed by atoms with Crippen LogP contribution in [0.15, 0.2) is 72.0 Å². The lowest BCUT2D eigenvalue weighted by Crippen LogP contribution is -2.31. The number of amidine groups is 1. The van der Waals surface area contributed by atoms with Gasteiger partial charge < -0.3 is 14.8 Å². The number of rotatable bonds is 8. The van der Waals surface area contributed by atoms with E-state index in [9.17, 15) is 22.8 Å². The maximum atomic E-state index is 13.0. The van der Waals surface area contributed by atoms with Gasteiger partial charge in [-0.25, -0.2) is 14.5 Å². The minimum atomic E-state index is -4.78. The third kappa shape index (κ3) is 7.26. The summed E-state index contributed by atoms with van der Waals surface area (Å²) >= 11 is 1.19. The van der Waals surface area contributed by atoms with Crippen molar-refractivity contribution in [2.45, 2.75) is 33.7 Å². The van der Waals surface area contributed by atoms with Gasteiger partial charge in [-0.15, -0.1) is 18.3 Å². The third-order valence-corrected chi connectivity index (χ3v) is 7.38. The summed E-state index contributed by atoms with van der Waals surface area (Å²) in [4.78, 5) is 35.7. The number of aromatic nitrogens is 3. The number of alkyl halides is 3. The number of nitrogens with zero attached hydrogens (tertiary/aromatic N) is 5. The number of hydrogen-bond acceptors (Lipinski definition) is 7. The molecule has 0 radical (unpaired) electrons. The Kier molecular flexibility index (Phi) is 9.01. The van der Waals surface area contributed by atoms with Crippen molar-refractivity contribution in [2.75, 3.05) is 22.6 Å². The van der Waals surface area contributed by atoms with Crippen LogP contribution in [0, 0.1) is 13.8 Å². The molecule has 14 heteroatoms. The highest BCUT2D eigenvalue weighted by Crippen LogP contribution is 2.32. The van der Waals surface area contributed by atoms with Gasteiger partial charge in [0.2, 0.25) is 5.91 Å². The highest BCUT2D eigenvalue weighted by atomic mass is 32.2. The molecule has 1 saturated heterocycles. The number of carbonyl (C=O) groups excluding carboxylic acids is 2.